The van der Waals surface area contributed by atoms with E-state index < -0.39 is 0 Å². The molecule has 2 fully saturated rings. The van der Waals surface area contributed by atoms with Crippen LogP contribution in [0.2, 0.25) is 0 Å². The first-order chi connectivity index (χ1) is 15.0. The number of likely N-dealkylation sites (tertiary alicyclic amines) is 1. The van der Waals surface area contributed by atoms with Gasteiger partial charge in [-0.1, -0.05) is 13.8 Å². The Kier molecular flexibility index (Phi) is 7.02. The van der Waals surface area contributed by atoms with Crippen molar-refractivity contribution < 1.29 is 9.53 Å². The number of ether oxygens (including phenoxy) is 1. The molecule has 2 saturated heterocycles. The molecule has 31 heavy (non-hydrogen) atoms. The zero-order chi connectivity index (χ0) is 21.8. The lowest BCUT2D eigenvalue weighted by molar-refractivity contribution is -0.120. The van der Waals surface area contributed by atoms with Crippen molar-refractivity contribution in [2.45, 2.75) is 39.7 Å². The van der Waals surface area contributed by atoms with Crippen LogP contribution in [0.25, 0.3) is 0 Å². The summed E-state index contributed by atoms with van der Waals surface area (Å²) < 4.78 is 5.18. The molecule has 0 aromatic carbocycles. The molecule has 2 aromatic rings. The number of methoxy groups -OCH3 is 1. The Balaban J connectivity index is 1.26. The van der Waals surface area contributed by atoms with E-state index in [2.05, 4.69) is 49.3 Å². The van der Waals surface area contributed by atoms with E-state index in [0.717, 1.165) is 63.1 Å². The first kappa shape index (κ1) is 22.0. The van der Waals surface area contributed by atoms with Gasteiger partial charge in [-0.15, -0.1) is 11.3 Å². The average Bonchev–Trinajstić information content (AvgIpc) is 3.19. The molecule has 4 heterocycles. The fourth-order valence-corrected chi connectivity index (χ4v) is 5.44. The van der Waals surface area contributed by atoms with E-state index >= 15 is 0 Å². The molecule has 0 saturated carbocycles. The molecule has 9 heteroatoms. The van der Waals surface area contributed by atoms with Crippen LogP contribution >= 0.6 is 11.3 Å². The molecular formula is C22H32N6O2S. The SMILES string of the molecule is COc1ccnc(N2CCC(C(=O)Nc3nc(CN4C[C@H](C)C[C@H](C)C4)cs3)CC2)n1. The molecule has 2 aliphatic rings. The van der Waals surface area contributed by atoms with Crippen LogP contribution in [0.15, 0.2) is 17.6 Å². The third-order valence-electron chi connectivity index (χ3n) is 6.09. The van der Waals surface area contributed by atoms with Crippen LogP contribution in [-0.4, -0.2) is 59.0 Å². The van der Waals surface area contributed by atoms with Gasteiger partial charge in [-0.25, -0.2) is 9.97 Å². The van der Waals surface area contributed by atoms with Crippen molar-refractivity contribution in [1.82, 2.24) is 19.9 Å². The minimum Gasteiger partial charge on any atom is -0.481 e. The fourth-order valence-electron chi connectivity index (χ4n) is 4.73. The van der Waals surface area contributed by atoms with Crippen LogP contribution in [0.4, 0.5) is 11.1 Å². The molecule has 0 aliphatic carbocycles. The minimum absolute atomic E-state index is 0.0157. The van der Waals surface area contributed by atoms with Gasteiger partial charge in [0.15, 0.2) is 5.13 Å². The van der Waals surface area contributed by atoms with E-state index in [9.17, 15) is 4.79 Å². The quantitative estimate of drug-likeness (QED) is 0.732. The maximum Gasteiger partial charge on any atom is 0.229 e. The number of carbonyl (C=O) groups excluding carboxylic acids is 1. The van der Waals surface area contributed by atoms with Crippen molar-refractivity contribution in [3.8, 4) is 5.88 Å². The zero-order valence-electron chi connectivity index (χ0n) is 18.6. The highest BCUT2D eigenvalue weighted by molar-refractivity contribution is 7.13. The summed E-state index contributed by atoms with van der Waals surface area (Å²) in [6.07, 6.45) is 4.55. The Labute approximate surface area is 188 Å². The summed E-state index contributed by atoms with van der Waals surface area (Å²) in [5, 5.41) is 5.82. The van der Waals surface area contributed by atoms with Crippen molar-refractivity contribution in [1.29, 1.82) is 0 Å². The Morgan fingerprint density at radius 3 is 2.68 bits per heavy atom. The second-order valence-corrected chi connectivity index (χ2v) is 9.79. The first-order valence-electron chi connectivity index (χ1n) is 11.1. The predicted molar refractivity (Wildman–Crippen MR) is 122 cm³/mol. The standard InChI is InChI=1S/C22H32N6O2S/c1-15-10-16(2)12-27(11-15)13-18-14-31-22(24-18)26-20(29)17-5-8-28(9-6-17)21-23-7-4-19(25-21)30-3/h4,7,14-17H,5-6,8-13H2,1-3H3,(H,24,26,29)/t15-,16+. The molecule has 0 bridgehead atoms. The first-order valence-corrected chi connectivity index (χ1v) is 12.0. The molecule has 0 radical (unpaired) electrons. The van der Waals surface area contributed by atoms with Crippen LogP contribution < -0.4 is 15.0 Å². The van der Waals surface area contributed by atoms with Gasteiger partial charge in [0.2, 0.25) is 17.7 Å². The second-order valence-electron chi connectivity index (χ2n) is 8.93. The number of rotatable bonds is 6. The summed E-state index contributed by atoms with van der Waals surface area (Å²) in [5.74, 6) is 2.72. The van der Waals surface area contributed by atoms with Crippen LogP contribution in [0, 0.1) is 17.8 Å². The lowest BCUT2D eigenvalue weighted by Crippen LogP contribution is -2.39. The summed E-state index contributed by atoms with van der Waals surface area (Å²) in [6, 6.07) is 1.73. The van der Waals surface area contributed by atoms with Crippen LogP contribution in [-0.2, 0) is 11.3 Å². The van der Waals surface area contributed by atoms with Gasteiger partial charge in [0.25, 0.3) is 0 Å². The monoisotopic (exact) mass is 444 g/mol. The number of piperidine rings is 2. The molecule has 4 rings (SSSR count). The van der Waals surface area contributed by atoms with E-state index in [4.69, 9.17) is 4.74 Å². The minimum atomic E-state index is -0.0157. The number of hydrogen-bond acceptors (Lipinski definition) is 8. The summed E-state index contributed by atoms with van der Waals surface area (Å²) in [5.41, 5.74) is 1.05. The largest absolute Gasteiger partial charge is 0.481 e. The summed E-state index contributed by atoms with van der Waals surface area (Å²) in [4.78, 5) is 30.8. The van der Waals surface area contributed by atoms with E-state index in [1.807, 2.05) is 0 Å². The summed E-state index contributed by atoms with van der Waals surface area (Å²) >= 11 is 1.52. The molecule has 2 atom stereocenters. The predicted octanol–water partition coefficient (Wildman–Crippen LogP) is 3.27. The lowest BCUT2D eigenvalue weighted by Gasteiger charge is -2.34. The average molecular weight is 445 g/mol. The Morgan fingerprint density at radius 1 is 1.23 bits per heavy atom. The number of nitrogens with zero attached hydrogens (tertiary/aromatic N) is 5. The van der Waals surface area contributed by atoms with Crippen molar-refractivity contribution in [2.24, 2.45) is 17.8 Å². The van der Waals surface area contributed by atoms with Crippen molar-refractivity contribution in [3.05, 3.63) is 23.3 Å². The van der Waals surface area contributed by atoms with Crippen LogP contribution in [0.5, 0.6) is 5.88 Å². The van der Waals surface area contributed by atoms with E-state index in [1.54, 1.807) is 19.4 Å². The van der Waals surface area contributed by atoms with Crippen LogP contribution in [0.1, 0.15) is 38.8 Å². The Morgan fingerprint density at radius 2 is 1.97 bits per heavy atom. The fraction of sp³-hybridized carbons (Fsp3) is 0.636. The van der Waals surface area contributed by atoms with E-state index in [1.165, 1.54) is 17.8 Å². The van der Waals surface area contributed by atoms with E-state index in [0.29, 0.717) is 17.0 Å². The van der Waals surface area contributed by atoms with Gasteiger partial charge in [-0.2, -0.15) is 4.98 Å². The van der Waals surface area contributed by atoms with Gasteiger partial charge in [-0.3, -0.25) is 9.69 Å². The van der Waals surface area contributed by atoms with Gasteiger partial charge in [0, 0.05) is 56.3 Å². The van der Waals surface area contributed by atoms with Gasteiger partial charge in [0.05, 0.1) is 12.8 Å². The molecule has 168 valence electrons. The summed E-state index contributed by atoms with van der Waals surface area (Å²) in [7, 11) is 1.60. The number of thiazole rings is 1. The third-order valence-corrected chi connectivity index (χ3v) is 6.89. The molecule has 1 amide bonds. The topological polar surface area (TPSA) is 83.5 Å². The summed E-state index contributed by atoms with van der Waals surface area (Å²) in [6.45, 7) is 9.25. The van der Waals surface area contributed by atoms with Gasteiger partial charge < -0.3 is 15.0 Å². The lowest BCUT2D eigenvalue weighted by atomic mass is 9.92. The van der Waals surface area contributed by atoms with Gasteiger partial charge in [0.1, 0.15) is 0 Å². The highest BCUT2D eigenvalue weighted by atomic mass is 32.1. The maximum atomic E-state index is 12.8. The highest BCUT2D eigenvalue weighted by Crippen LogP contribution is 2.26. The van der Waals surface area contributed by atoms with Crippen molar-refractivity contribution in [2.75, 3.05) is 43.5 Å². The van der Waals surface area contributed by atoms with E-state index in [-0.39, 0.29) is 11.8 Å². The molecule has 2 aliphatic heterocycles. The molecule has 0 unspecified atom stereocenters. The number of nitrogens with one attached hydrogen (secondary N) is 1. The molecule has 8 nitrogen and oxygen atoms in total. The van der Waals surface area contributed by atoms with Crippen molar-refractivity contribution >= 4 is 28.3 Å². The third kappa shape index (κ3) is 5.71. The molecule has 0 spiro atoms. The number of hydrogen-bond donors (Lipinski definition) is 1. The normalized spacial score (nSPS) is 23.0. The number of aromatic nitrogens is 3. The molecule has 1 N–H and O–H groups in total. The second kappa shape index (κ2) is 9.91. The number of carbonyl (C=O) groups is 1. The maximum absolute atomic E-state index is 12.8. The molecular weight excluding hydrogens is 412 g/mol. The number of amides is 1. The van der Waals surface area contributed by atoms with Gasteiger partial charge in [-0.05, 0) is 31.1 Å². The van der Waals surface area contributed by atoms with Gasteiger partial charge >= 0.3 is 0 Å². The Bertz CT molecular complexity index is 872. The Hall–Kier alpha value is -2.26. The zero-order valence-corrected chi connectivity index (χ0v) is 19.4. The molecule has 2 aromatic heterocycles. The smallest absolute Gasteiger partial charge is 0.229 e. The highest BCUT2D eigenvalue weighted by Gasteiger charge is 2.27. The van der Waals surface area contributed by atoms with Crippen LogP contribution in [0.3, 0.4) is 0 Å². The van der Waals surface area contributed by atoms with Crippen molar-refractivity contribution in [3.63, 3.8) is 0 Å². The number of anilines is 2.